The molecule has 2 aliphatic heterocycles. The summed E-state index contributed by atoms with van der Waals surface area (Å²) < 4.78 is 0. The molecule has 2 saturated heterocycles. The van der Waals surface area contributed by atoms with Crippen LogP contribution < -0.4 is 10.2 Å². The van der Waals surface area contributed by atoms with E-state index in [0.717, 1.165) is 69.3 Å². The molecule has 2 aromatic carbocycles. The molecule has 0 saturated carbocycles. The van der Waals surface area contributed by atoms with Crippen LogP contribution in [0.5, 0.6) is 0 Å². The zero-order valence-electron chi connectivity index (χ0n) is 20.1. The van der Waals surface area contributed by atoms with E-state index in [1.165, 1.54) is 11.3 Å². The number of piperidine rings is 1. The number of nitrogens with one attached hydrogen (secondary N) is 1. The van der Waals surface area contributed by atoms with Gasteiger partial charge in [0.2, 0.25) is 0 Å². The van der Waals surface area contributed by atoms with Crippen molar-refractivity contribution in [3.8, 4) is 6.07 Å². The van der Waals surface area contributed by atoms with Gasteiger partial charge in [0.25, 0.3) is 0 Å². The molecule has 2 fully saturated rings. The Morgan fingerprint density at radius 3 is 2.34 bits per heavy atom. The lowest BCUT2D eigenvalue weighted by Gasteiger charge is -2.39. The van der Waals surface area contributed by atoms with Gasteiger partial charge in [-0.3, -0.25) is 4.90 Å². The molecule has 1 atom stereocenters. The molecule has 0 spiro atoms. The molecular formula is C28H38ClN5S. The van der Waals surface area contributed by atoms with Gasteiger partial charge in [0, 0.05) is 69.1 Å². The van der Waals surface area contributed by atoms with Gasteiger partial charge in [0.15, 0.2) is 0 Å². The van der Waals surface area contributed by atoms with Crippen molar-refractivity contribution in [2.75, 3.05) is 56.0 Å². The third-order valence-electron chi connectivity index (χ3n) is 6.99. The van der Waals surface area contributed by atoms with Crippen LogP contribution in [0.3, 0.4) is 0 Å². The number of piperazine rings is 1. The quantitative estimate of drug-likeness (QED) is 0.493. The standard InChI is InChI=1S/C27H34ClN5S.CH4/c1-20-3-7-25(8-4-20)32-15-13-31(14-16-32)19-21(2)27(34)33-11-9-23(10-12-33)30-24-6-5-22(18-29)26(28)17-24;/h3-8,17,21,23,30H,9-16,19H2,1-2H3;1H4. The summed E-state index contributed by atoms with van der Waals surface area (Å²) in [6.45, 7) is 11.7. The molecule has 0 bridgehead atoms. The first kappa shape index (κ1) is 27.3. The second kappa shape index (κ2) is 12.6. The first-order chi connectivity index (χ1) is 16.4. The van der Waals surface area contributed by atoms with E-state index >= 15 is 0 Å². The molecule has 0 radical (unpaired) electrons. The molecule has 188 valence electrons. The van der Waals surface area contributed by atoms with Gasteiger partial charge in [0.1, 0.15) is 6.07 Å². The van der Waals surface area contributed by atoms with Crippen molar-refractivity contribution in [2.45, 2.75) is 40.2 Å². The highest BCUT2D eigenvalue weighted by atomic mass is 35.5. The molecule has 0 aliphatic carbocycles. The topological polar surface area (TPSA) is 45.5 Å². The molecule has 4 rings (SSSR count). The number of halogens is 1. The van der Waals surface area contributed by atoms with Gasteiger partial charge in [-0.1, -0.05) is 55.9 Å². The average molecular weight is 512 g/mol. The Hall–Kier alpha value is -2.33. The summed E-state index contributed by atoms with van der Waals surface area (Å²) in [7, 11) is 0. The summed E-state index contributed by atoms with van der Waals surface area (Å²) in [6.07, 6.45) is 2.08. The molecule has 2 heterocycles. The van der Waals surface area contributed by atoms with Crippen molar-refractivity contribution < 1.29 is 0 Å². The molecule has 35 heavy (non-hydrogen) atoms. The Labute approximate surface area is 221 Å². The maximum atomic E-state index is 9.05. The van der Waals surface area contributed by atoms with Gasteiger partial charge in [-0.2, -0.15) is 5.26 Å². The summed E-state index contributed by atoms with van der Waals surface area (Å²) >= 11 is 12.1. The van der Waals surface area contributed by atoms with Crippen molar-refractivity contribution in [3.05, 3.63) is 58.6 Å². The van der Waals surface area contributed by atoms with Crippen LogP contribution >= 0.6 is 23.8 Å². The van der Waals surface area contributed by atoms with Gasteiger partial charge >= 0.3 is 0 Å². The average Bonchev–Trinajstić information content (AvgIpc) is 2.85. The van der Waals surface area contributed by atoms with Crippen LogP contribution in [0.1, 0.15) is 38.3 Å². The van der Waals surface area contributed by atoms with E-state index in [4.69, 9.17) is 29.1 Å². The van der Waals surface area contributed by atoms with E-state index in [2.05, 4.69) is 64.2 Å². The minimum absolute atomic E-state index is 0. The van der Waals surface area contributed by atoms with Crippen LogP contribution in [-0.2, 0) is 0 Å². The molecule has 7 heteroatoms. The van der Waals surface area contributed by atoms with Crippen molar-refractivity contribution in [3.63, 3.8) is 0 Å². The zero-order valence-corrected chi connectivity index (χ0v) is 21.7. The predicted octanol–water partition coefficient (Wildman–Crippen LogP) is 5.82. The van der Waals surface area contributed by atoms with E-state index in [1.807, 2.05) is 12.1 Å². The van der Waals surface area contributed by atoms with E-state index in [1.54, 1.807) is 6.07 Å². The third kappa shape index (κ3) is 7.10. The lowest BCUT2D eigenvalue weighted by Crippen LogP contribution is -2.50. The van der Waals surface area contributed by atoms with E-state index in [-0.39, 0.29) is 7.43 Å². The summed E-state index contributed by atoms with van der Waals surface area (Å²) in [4.78, 5) is 8.54. The largest absolute Gasteiger partial charge is 0.382 e. The van der Waals surface area contributed by atoms with Crippen LogP contribution in [0.25, 0.3) is 0 Å². The first-order valence-corrected chi connectivity index (χ1v) is 13.0. The maximum absolute atomic E-state index is 9.05. The minimum atomic E-state index is 0. The fraction of sp³-hybridized carbons (Fsp3) is 0.500. The number of anilines is 2. The predicted molar refractivity (Wildman–Crippen MR) is 153 cm³/mol. The van der Waals surface area contributed by atoms with Gasteiger partial charge in [-0.15, -0.1) is 0 Å². The summed E-state index contributed by atoms with van der Waals surface area (Å²) in [6, 6.07) is 16.9. The number of benzene rings is 2. The lowest BCUT2D eigenvalue weighted by molar-refractivity contribution is 0.235. The molecular weight excluding hydrogens is 474 g/mol. The molecule has 5 nitrogen and oxygen atoms in total. The van der Waals surface area contributed by atoms with Gasteiger partial charge in [-0.05, 0) is 50.1 Å². The number of aryl methyl sites for hydroxylation is 1. The number of thiocarbonyl (C=S) groups is 1. The Morgan fingerprint density at radius 2 is 1.74 bits per heavy atom. The molecule has 0 aromatic heterocycles. The summed E-state index contributed by atoms with van der Waals surface area (Å²) in [5.74, 6) is 0.378. The molecule has 0 amide bonds. The van der Waals surface area contributed by atoms with Crippen molar-refractivity contribution in [1.82, 2.24) is 9.80 Å². The van der Waals surface area contributed by atoms with E-state index < -0.39 is 0 Å². The van der Waals surface area contributed by atoms with Crippen LogP contribution in [0.15, 0.2) is 42.5 Å². The Balaban J connectivity index is 0.00000342. The second-order valence-electron chi connectivity index (χ2n) is 9.57. The molecule has 1 N–H and O–H groups in total. The SMILES string of the molecule is C.Cc1ccc(N2CCN(CC(C)C(=S)N3CCC(Nc4ccc(C#N)c(Cl)c4)CC3)CC2)cc1. The molecule has 2 aliphatic rings. The minimum Gasteiger partial charge on any atom is -0.382 e. The highest BCUT2D eigenvalue weighted by Crippen LogP contribution is 2.24. The van der Waals surface area contributed by atoms with Gasteiger partial charge < -0.3 is 15.1 Å². The Kier molecular flexibility index (Phi) is 9.80. The number of nitrogens with zero attached hydrogens (tertiary/aromatic N) is 4. The summed E-state index contributed by atoms with van der Waals surface area (Å²) in [5.41, 5.74) is 4.12. The number of hydrogen-bond acceptors (Lipinski definition) is 5. The summed E-state index contributed by atoms with van der Waals surface area (Å²) in [5, 5.41) is 13.1. The third-order valence-corrected chi connectivity index (χ3v) is 7.97. The van der Waals surface area contributed by atoms with Gasteiger partial charge in [0.05, 0.1) is 15.6 Å². The van der Waals surface area contributed by atoms with Crippen molar-refractivity contribution >= 4 is 40.2 Å². The van der Waals surface area contributed by atoms with E-state index in [9.17, 15) is 0 Å². The van der Waals surface area contributed by atoms with Gasteiger partial charge in [-0.25, -0.2) is 0 Å². The highest BCUT2D eigenvalue weighted by Gasteiger charge is 2.26. The Bertz CT molecular complexity index is 1020. The van der Waals surface area contributed by atoms with Crippen LogP contribution in [0, 0.1) is 24.2 Å². The fourth-order valence-electron chi connectivity index (χ4n) is 4.90. The highest BCUT2D eigenvalue weighted by molar-refractivity contribution is 7.80. The normalized spacial score (nSPS) is 17.9. The number of rotatable bonds is 6. The van der Waals surface area contributed by atoms with E-state index in [0.29, 0.717) is 22.5 Å². The number of nitriles is 1. The second-order valence-corrected chi connectivity index (χ2v) is 10.4. The number of hydrogen-bond donors (Lipinski definition) is 1. The lowest BCUT2D eigenvalue weighted by atomic mass is 10.0. The molecule has 1 unspecified atom stereocenters. The monoisotopic (exact) mass is 511 g/mol. The smallest absolute Gasteiger partial charge is 0.101 e. The molecule has 2 aromatic rings. The number of likely N-dealkylation sites (tertiary alicyclic amines) is 1. The van der Waals surface area contributed by atoms with Crippen LogP contribution in [0.2, 0.25) is 5.02 Å². The van der Waals surface area contributed by atoms with Crippen LogP contribution in [0.4, 0.5) is 11.4 Å². The first-order valence-electron chi connectivity index (χ1n) is 12.2. The zero-order chi connectivity index (χ0) is 24.1. The van der Waals surface area contributed by atoms with Crippen molar-refractivity contribution in [1.29, 1.82) is 5.26 Å². The van der Waals surface area contributed by atoms with Crippen molar-refractivity contribution in [2.24, 2.45) is 5.92 Å². The Morgan fingerprint density at radius 1 is 1.09 bits per heavy atom. The maximum Gasteiger partial charge on any atom is 0.101 e. The van der Waals surface area contributed by atoms with Crippen LogP contribution in [-0.4, -0.2) is 66.6 Å². The fourth-order valence-corrected chi connectivity index (χ4v) is 5.38.